The lowest BCUT2D eigenvalue weighted by atomic mass is 10.1. The molecule has 0 saturated carbocycles. The first-order valence-electron chi connectivity index (χ1n) is 7.42. The van der Waals surface area contributed by atoms with Gasteiger partial charge in [-0.25, -0.2) is 4.98 Å². The summed E-state index contributed by atoms with van der Waals surface area (Å²) in [6.45, 7) is 9.58. The van der Waals surface area contributed by atoms with Crippen molar-refractivity contribution in [2.24, 2.45) is 5.73 Å². The zero-order chi connectivity index (χ0) is 13.7. The van der Waals surface area contributed by atoms with Crippen LogP contribution in [0.4, 0.5) is 5.82 Å². The van der Waals surface area contributed by atoms with Gasteiger partial charge in [-0.05, 0) is 24.5 Å². The van der Waals surface area contributed by atoms with Gasteiger partial charge in [-0.2, -0.15) is 0 Å². The maximum Gasteiger partial charge on any atom is 0.128 e. The zero-order valence-electron chi connectivity index (χ0n) is 12.2. The maximum atomic E-state index is 5.60. The molecular weight excluding hydrogens is 236 g/mol. The van der Waals surface area contributed by atoms with Crippen LogP contribution in [0.1, 0.15) is 32.3 Å². The summed E-state index contributed by atoms with van der Waals surface area (Å²) in [5.74, 6) is 1.08. The molecular formula is C15H26N4. The van der Waals surface area contributed by atoms with E-state index in [4.69, 9.17) is 5.73 Å². The zero-order valence-corrected chi connectivity index (χ0v) is 12.2. The molecule has 19 heavy (non-hydrogen) atoms. The molecule has 2 rings (SSSR count). The highest BCUT2D eigenvalue weighted by atomic mass is 15.3. The van der Waals surface area contributed by atoms with Crippen molar-refractivity contribution in [2.45, 2.75) is 39.3 Å². The number of nitrogens with two attached hydrogens (primary N) is 1. The van der Waals surface area contributed by atoms with Crippen molar-refractivity contribution in [1.82, 2.24) is 9.88 Å². The molecule has 0 unspecified atom stereocenters. The van der Waals surface area contributed by atoms with Crippen LogP contribution in [0, 0.1) is 0 Å². The van der Waals surface area contributed by atoms with Crippen molar-refractivity contribution in [1.29, 1.82) is 0 Å². The van der Waals surface area contributed by atoms with Crippen molar-refractivity contribution in [3.63, 3.8) is 0 Å². The number of hydrogen-bond acceptors (Lipinski definition) is 4. The number of aromatic nitrogens is 1. The lowest BCUT2D eigenvalue weighted by Gasteiger charge is -2.39. The number of rotatable bonds is 5. The van der Waals surface area contributed by atoms with Crippen LogP contribution in [0.15, 0.2) is 18.3 Å². The van der Waals surface area contributed by atoms with Crippen LogP contribution < -0.4 is 10.6 Å². The molecule has 4 nitrogen and oxygen atoms in total. The Morgan fingerprint density at radius 3 is 2.32 bits per heavy atom. The van der Waals surface area contributed by atoms with E-state index in [2.05, 4.69) is 40.8 Å². The van der Waals surface area contributed by atoms with E-state index < -0.39 is 0 Å². The minimum absolute atomic E-state index is 0.565. The van der Waals surface area contributed by atoms with E-state index in [-0.39, 0.29) is 0 Å². The monoisotopic (exact) mass is 262 g/mol. The number of anilines is 1. The molecule has 1 fully saturated rings. The quantitative estimate of drug-likeness (QED) is 0.879. The number of nitrogens with zero attached hydrogens (tertiary/aromatic N) is 3. The molecule has 0 bridgehead atoms. The summed E-state index contributed by atoms with van der Waals surface area (Å²) in [4.78, 5) is 9.50. The van der Waals surface area contributed by atoms with E-state index >= 15 is 0 Å². The fraction of sp³-hybridized carbons (Fsp3) is 0.667. The molecule has 1 saturated heterocycles. The Kier molecular flexibility index (Phi) is 5.16. The van der Waals surface area contributed by atoms with Gasteiger partial charge in [0.25, 0.3) is 0 Å². The molecule has 0 aliphatic carbocycles. The van der Waals surface area contributed by atoms with Crippen molar-refractivity contribution >= 4 is 5.82 Å². The van der Waals surface area contributed by atoms with Gasteiger partial charge < -0.3 is 10.6 Å². The molecule has 1 aliphatic rings. The van der Waals surface area contributed by atoms with Crippen LogP contribution in [-0.2, 0) is 6.54 Å². The molecule has 2 N–H and O–H groups in total. The first-order valence-corrected chi connectivity index (χ1v) is 7.42. The molecule has 2 heterocycles. The van der Waals surface area contributed by atoms with Crippen LogP contribution in [0.3, 0.4) is 0 Å². The highest BCUT2D eigenvalue weighted by Gasteiger charge is 2.22. The van der Waals surface area contributed by atoms with E-state index in [0.717, 1.165) is 43.6 Å². The molecule has 4 heteroatoms. The van der Waals surface area contributed by atoms with Gasteiger partial charge in [0.1, 0.15) is 5.82 Å². The summed E-state index contributed by atoms with van der Waals surface area (Å²) in [6.07, 6.45) is 4.39. The van der Waals surface area contributed by atoms with Crippen molar-refractivity contribution < 1.29 is 0 Å². The van der Waals surface area contributed by atoms with Crippen molar-refractivity contribution in [2.75, 3.05) is 31.1 Å². The normalized spacial score (nSPS) is 17.2. The predicted octanol–water partition coefficient (Wildman–Crippen LogP) is 1.85. The summed E-state index contributed by atoms with van der Waals surface area (Å²) < 4.78 is 0. The molecule has 1 aromatic heterocycles. The Hall–Kier alpha value is -1.13. The Morgan fingerprint density at radius 2 is 1.84 bits per heavy atom. The van der Waals surface area contributed by atoms with Crippen LogP contribution in [0.5, 0.6) is 0 Å². The summed E-state index contributed by atoms with van der Waals surface area (Å²) in [5.41, 5.74) is 6.70. The van der Waals surface area contributed by atoms with Gasteiger partial charge in [-0.3, -0.25) is 4.90 Å². The van der Waals surface area contributed by atoms with E-state index in [1.165, 1.54) is 12.8 Å². The summed E-state index contributed by atoms with van der Waals surface area (Å²) in [6, 6.07) is 4.92. The third kappa shape index (κ3) is 3.45. The Bertz CT molecular complexity index is 364. The smallest absolute Gasteiger partial charge is 0.128 e. The summed E-state index contributed by atoms with van der Waals surface area (Å²) in [5, 5.41) is 0. The van der Waals surface area contributed by atoms with Crippen LogP contribution >= 0.6 is 0 Å². The largest absolute Gasteiger partial charge is 0.354 e. The molecule has 0 aromatic carbocycles. The van der Waals surface area contributed by atoms with Gasteiger partial charge in [0.05, 0.1) is 0 Å². The second kappa shape index (κ2) is 6.87. The Labute approximate surface area is 116 Å². The van der Waals surface area contributed by atoms with E-state index in [1.54, 1.807) is 0 Å². The van der Waals surface area contributed by atoms with Crippen molar-refractivity contribution in [3.8, 4) is 0 Å². The van der Waals surface area contributed by atoms with Gasteiger partial charge in [0, 0.05) is 45.0 Å². The second-order valence-electron chi connectivity index (χ2n) is 5.22. The second-order valence-corrected chi connectivity index (χ2v) is 5.22. The summed E-state index contributed by atoms with van der Waals surface area (Å²) in [7, 11) is 0. The van der Waals surface area contributed by atoms with Gasteiger partial charge in [0.2, 0.25) is 0 Å². The van der Waals surface area contributed by atoms with Crippen LogP contribution in [0.2, 0.25) is 0 Å². The van der Waals surface area contributed by atoms with Gasteiger partial charge in [0.15, 0.2) is 0 Å². The molecule has 1 aromatic rings. The third-order valence-corrected chi connectivity index (χ3v) is 4.14. The van der Waals surface area contributed by atoms with E-state index in [9.17, 15) is 0 Å². The minimum atomic E-state index is 0.565. The lowest BCUT2D eigenvalue weighted by Crippen LogP contribution is -2.50. The van der Waals surface area contributed by atoms with Crippen LogP contribution in [0.25, 0.3) is 0 Å². The predicted molar refractivity (Wildman–Crippen MR) is 80.3 cm³/mol. The molecule has 0 radical (unpaired) electrons. The minimum Gasteiger partial charge on any atom is -0.354 e. The fourth-order valence-corrected chi connectivity index (χ4v) is 2.85. The first-order chi connectivity index (χ1) is 9.28. The highest BCUT2D eigenvalue weighted by molar-refractivity contribution is 5.39. The molecule has 0 atom stereocenters. The highest BCUT2D eigenvalue weighted by Crippen LogP contribution is 2.17. The van der Waals surface area contributed by atoms with E-state index in [1.807, 2.05) is 6.20 Å². The molecule has 1 aliphatic heterocycles. The average molecular weight is 262 g/mol. The van der Waals surface area contributed by atoms with Crippen LogP contribution in [-0.4, -0.2) is 42.1 Å². The Morgan fingerprint density at radius 1 is 1.16 bits per heavy atom. The van der Waals surface area contributed by atoms with E-state index in [0.29, 0.717) is 6.54 Å². The topological polar surface area (TPSA) is 45.4 Å². The maximum absolute atomic E-state index is 5.60. The van der Waals surface area contributed by atoms with Crippen molar-refractivity contribution in [3.05, 3.63) is 23.9 Å². The molecule has 0 amide bonds. The fourth-order valence-electron chi connectivity index (χ4n) is 2.85. The number of piperazine rings is 1. The average Bonchev–Trinajstić information content (AvgIpc) is 2.49. The Balaban J connectivity index is 1.91. The third-order valence-electron chi connectivity index (χ3n) is 4.14. The van der Waals surface area contributed by atoms with Gasteiger partial charge >= 0.3 is 0 Å². The standard InChI is InChI=1S/C15H26N4/c1-3-14(4-2)18-7-9-19(10-8-18)15-6-5-13(11-16)12-17-15/h5-6,12,14H,3-4,7-11,16H2,1-2H3. The summed E-state index contributed by atoms with van der Waals surface area (Å²) >= 11 is 0. The SMILES string of the molecule is CCC(CC)N1CCN(c2ccc(CN)cn2)CC1. The first kappa shape index (κ1) is 14.3. The molecule has 0 spiro atoms. The number of pyridine rings is 1. The van der Waals surface area contributed by atoms with Gasteiger partial charge in [-0.1, -0.05) is 19.9 Å². The molecule has 106 valence electrons. The number of hydrogen-bond donors (Lipinski definition) is 1. The lowest BCUT2D eigenvalue weighted by molar-refractivity contribution is 0.175. The van der Waals surface area contributed by atoms with Gasteiger partial charge in [-0.15, -0.1) is 0 Å².